The Morgan fingerprint density at radius 1 is 1.23 bits per heavy atom. The molecular weight excluding hydrogens is 353 g/mol. The summed E-state index contributed by atoms with van der Waals surface area (Å²) in [6, 6.07) is 6.39. The van der Waals surface area contributed by atoms with E-state index >= 15 is 0 Å². The maximum absolute atomic E-state index is 13.9. The molecule has 0 fully saturated rings. The molecule has 0 bridgehead atoms. The smallest absolute Gasteiger partial charge is 0.254 e. The van der Waals surface area contributed by atoms with Crippen LogP contribution in [0.15, 0.2) is 38.6 Å². The van der Waals surface area contributed by atoms with Gasteiger partial charge in [0.15, 0.2) is 5.16 Å². The summed E-state index contributed by atoms with van der Waals surface area (Å²) >= 11 is 1.40. The van der Waals surface area contributed by atoms with Crippen molar-refractivity contribution in [2.45, 2.75) is 43.5 Å². The summed E-state index contributed by atoms with van der Waals surface area (Å²) in [6.07, 6.45) is 3.77. The minimum absolute atomic E-state index is 0.0406. The van der Waals surface area contributed by atoms with E-state index in [0.717, 1.165) is 36.9 Å². The first-order valence-electron chi connectivity index (χ1n) is 8.58. The van der Waals surface area contributed by atoms with Crippen LogP contribution in [0.4, 0.5) is 4.39 Å². The van der Waals surface area contributed by atoms with E-state index in [1.54, 1.807) is 25.1 Å². The van der Waals surface area contributed by atoms with E-state index < -0.39 is 0 Å². The van der Waals surface area contributed by atoms with Crippen LogP contribution in [0.1, 0.15) is 35.6 Å². The molecule has 0 aliphatic heterocycles. The Balaban J connectivity index is 1.55. The van der Waals surface area contributed by atoms with E-state index in [1.165, 1.54) is 17.8 Å². The van der Waals surface area contributed by atoms with Crippen LogP contribution >= 0.6 is 11.8 Å². The Bertz CT molecular complexity index is 1010. The van der Waals surface area contributed by atoms with Crippen molar-refractivity contribution in [2.24, 2.45) is 0 Å². The van der Waals surface area contributed by atoms with E-state index in [2.05, 4.69) is 15.0 Å². The first-order chi connectivity index (χ1) is 12.6. The van der Waals surface area contributed by atoms with Crippen molar-refractivity contribution in [3.63, 3.8) is 0 Å². The average Bonchev–Trinajstić information content (AvgIpc) is 3.01. The minimum Gasteiger partial charge on any atom is -0.441 e. The van der Waals surface area contributed by atoms with Crippen LogP contribution in [-0.2, 0) is 18.6 Å². The quantitative estimate of drug-likeness (QED) is 0.553. The Labute approximate surface area is 154 Å². The van der Waals surface area contributed by atoms with Gasteiger partial charge in [0.25, 0.3) is 5.56 Å². The van der Waals surface area contributed by atoms with Gasteiger partial charge < -0.3 is 9.40 Å². The highest BCUT2D eigenvalue weighted by Gasteiger charge is 2.18. The number of halogens is 1. The molecule has 0 spiro atoms. The number of oxazole rings is 1. The van der Waals surface area contributed by atoms with Gasteiger partial charge >= 0.3 is 0 Å². The zero-order valence-corrected chi connectivity index (χ0v) is 15.2. The molecule has 1 aliphatic carbocycles. The molecule has 7 heteroatoms. The van der Waals surface area contributed by atoms with Gasteiger partial charge in [0.1, 0.15) is 11.6 Å². The number of aromatic nitrogens is 3. The molecule has 26 heavy (non-hydrogen) atoms. The third kappa shape index (κ3) is 3.31. The second kappa shape index (κ2) is 7.07. The lowest BCUT2D eigenvalue weighted by atomic mass is 9.97. The number of aromatic amines is 1. The van der Waals surface area contributed by atoms with Crippen LogP contribution in [0.25, 0.3) is 11.5 Å². The molecule has 0 radical (unpaired) electrons. The van der Waals surface area contributed by atoms with Crippen LogP contribution in [0.3, 0.4) is 0 Å². The number of hydrogen-bond acceptors (Lipinski definition) is 5. The minimum atomic E-state index is -0.367. The molecular formula is C19H18FN3O2S. The molecule has 0 unspecified atom stereocenters. The van der Waals surface area contributed by atoms with Gasteiger partial charge in [-0.1, -0.05) is 23.9 Å². The van der Waals surface area contributed by atoms with Crippen LogP contribution in [0, 0.1) is 12.7 Å². The number of hydrogen-bond donors (Lipinski definition) is 1. The average molecular weight is 371 g/mol. The van der Waals surface area contributed by atoms with Crippen molar-refractivity contribution < 1.29 is 8.81 Å². The maximum Gasteiger partial charge on any atom is 0.254 e. The molecule has 1 aliphatic rings. The van der Waals surface area contributed by atoms with Gasteiger partial charge in [0, 0.05) is 11.3 Å². The van der Waals surface area contributed by atoms with Crippen molar-refractivity contribution in [1.82, 2.24) is 15.0 Å². The number of thioether (sulfide) groups is 1. The molecule has 0 saturated heterocycles. The van der Waals surface area contributed by atoms with Gasteiger partial charge in [-0.2, -0.15) is 0 Å². The van der Waals surface area contributed by atoms with Crippen molar-refractivity contribution >= 4 is 11.8 Å². The molecule has 134 valence electrons. The standard InChI is InChI=1S/C19H18FN3O2S/c1-11-16(21-18(25-11)12-6-2-4-8-14(12)20)10-26-19-22-15-9-5-3-7-13(15)17(24)23-19/h2,4,6,8H,3,5,7,9-10H2,1H3,(H,22,23,24). The van der Waals surface area contributed by atoms with Crippen molar-refractivity contribution in [3.8, 4) is 11.5 Å². The maximum atomic E-state index is 13.9. The molecule has 0 saturated carbocycles. The summed E-state index contributed by atoms with van der Waals surface area (Å²) in [6.45, 7) is 1.80. The number of H-pyrrole nitrogens is 1. The van der Waals surface area contributed by atoms with Crippen LogP contribution in [0.5, 0.6) is 0 Å². The molecule has 5 nitrogen and oxygen atoms in total. The summed E-state index contributed by atoms with van der Waals surface area (Å²) in [4.78, 5) is 24.1. The molecule has 4 rings (SSSR count). The first-order valence-corrected chi connectivity index (χ1v) is 9.56. The Hall–Kier alpha value is -2.41. The number of nitrogens with one attached hydrogen (secondary N) is 1. The summed E-state index contributed by atoms with van der Waals surface area (Å²) in [7, 11) is 0. The van der Waals surface area contributed by atoms with Gasteiger partial charge in [0.05, 0.1) is 17.0 Å². The second-order valence-corrected chi connectivity index (χ2v) is 7.26. The summed E-state index contributed by atoms with van der Waals surface area (Å²) in [5.41, 5.74) is 2.74. The van der Waals surface area contributed by atoms with E-state index in [9.17, 15) is 9.18 Å². The van der Waals surface area contributed by atoms with Gasteiger partial charge in [-0.25, -0.2) is 14.4 Å². The van der Waals surface area contributed by atoms with Crippen molar-refractivity contribution in [3.05, 3.63) is 63.1 Å². The Morgan fingerprint density at radius 2 is 2.04 bits per heavy atom. The van der Waals surface area contributed by atoms with Crippen LogP contribution in [-0.4, -0.2) is 15.0 Å². The van der Waals surface area contributed by atoms with Crippen molar-refractivity contribution in [1.29, 1.82) is 0 Å². The van der Waals surface area contributed by atoms with Crippen LogP contribution < -0.4 is 5.56 Å². The first kappa shape index (κ1) is 17.0. The highest BCUT2D eigenvalue weighted by Crippen LogP contribution is 2.28. The van der Waals surface area contributed by atoms with E-state index in [4.69, 9.17) is 4.42 Å². The number of nitrogens with zero attached hydrogens (tertiary/aromatic N) is 2. The number of aryl methyl sites for hydroxylation is 2. The molecule has 0 atom stereocenters. The Morgan fingerprint density at radius 3 is 2.88 bits per heavy atom. The predicted octanol–water partition coefficient (Wildman–Crippen LogP) is 4.04. The van der Waals surface area contributed by atoms with Gasteiger partial charge in [-0.05, 0) is 44.7 Å². The Kier molecular flexibility index (Phi) is 4.63. The van der Waals surface area contributed by atoms with Crippen LogP contribution in [0.2, 0.25) is 0 Å². The van der Waals surface area contributed by atoms with Gasteiger partial charge in [-0.15, -0.1) is 0 Å². The second-order valence-electron chi connectivity index (χ2n) is 6.29. The molecule has 2 aromatic heterocycles. The molecule has 0 amide bonds. The zero-order valence-electron chi connectivity index (χ0n) is 14.3. The molecule has 1 N–H and O–H groups in total. The lowest BCUT2D eigenvalue weighted by Gasteiger charge is -2.14. The molecule has 1 aromatic carbocycles. The fraction of sp³-hybridized carbons (Fsp3) is 0.316. The summed E-state index contributed by atoms with van der Waals surface area (Å²) < 4.78 is 19.5. The molecule has 3 aromatic rings. The molecule has 2 heterocycles. The monoisotopic (exact) mass is 371 g/mol. The predicted molar refractivity (Wildman–Crippen MR) is 97.7 cm³/mol. The lowest BCUT2D eigenvalue weighted by molar-refractivity contribution is 0.533. The normalized spacial score (nSPS) is 13.6. The zero-order chi connectivity index (χ0) is 18.1. The van der Waals surface area contributed by atoms with Gasteiger partial charge in [0.2, 0.25) is 5.89 Å². The fourth-order valence-corrected chi connectivity index (χ4v) is 3.98. The van der Waals surface area contributed by atoms with Crippen molar-refractivity contribution in [2.75, 3.05) is 0 Å². The lowest BCUT2D eigenvalue weighted by Crippen LogP contribution is -2.21. The highest BCUT2D eigenvalue weighted by molar-refractivity contribution is 7.98. The summed E-state index contributed by atoms with van der Waals surface area (Å²) in [5, 5.41) is 0.588. The number of rotatable bonds is 4. The summed E-state index contributed by atoms with van der Waals surface area (Å²) in [5.74, 6) is 1.03. The van der Waals surface area contributed by atoms with Gasteiger partial charge in [-0.3, -0.25) is 4.79 Å². The van der Waals surface area contributed by atoms with E-state index in [0.29, 0.717) is 27.9 Å². The number of fused-ring (bicyclic) bond motifs is 1. The SMILES string of the molecule is Cc1oc(-c2ccccc2F)nc1CSc1nc2c(c(=O)[nH]1)CCCC2. The highest BCUT2D eigenvalue weighted by atomic mass is 32.2. The third-order valence-corrected chi connectivity index (χ3v) is 5.40. The largest absolute Gasteiger partial charge is 0.441 e. The topological polar surface area (TPSA) is 71.8 Å². The fourth-order valence-electron chi connectivity index (χ4n) is 3.10. The third-order valence-electron chi connectivity index (χ3n) is 4.51. The van der Waals surface area contributed by atoms with E-state index in [-0.39, 0.29) is 17.3 Å². The number of benzene rings is 1. The van der Waals surface area contributed by atoms with E-state index in [1.807, 2.05) is 0 Å².